The number of fused-ring (bicyclic) bond motifs is 1. The van der Waals surface area contributed by atoms with Crippen molar-refractivity contribution in [2.45, 2.75) is 44.4 Å². The van der Waals surface area contributed by atoms with Gasteiger partial charge in [-0.3, -0.25) is 9.40 Å². The Bertz CT molecular complexity index is 1540. The van der Waals surface area contributed by atoms with Crippen LogP contribution < -0.4 is 14.8 Å². The number of carbonyl (C=O) groups excluding carboxylic acids is 1. The highest BCUT2D eigenvalue weighted by Gasteiger charge is 2.24. The molecule has 0 aliphatic heterocycles. The van der Waals surface area contributed by atoms with Crippen LogP contribution in [0.2, 0.25) is 0 Å². The van der Waals surface area contributed by atoms with E-state index in [1.165, 1.54) is 19.2 Å². The molecule has 1 amide bonds. The maximum absolute atomic E-state index is 14.1. The number of nitrogens with one attached hydrogen (secondary N) is 2. The predicted octanol–water partition coefficient (Wildman–Crippen LogP) is 4.05. The average molecular weight is 532 g/mol. The second kappa shape index (κ2) is 10.1. The van der Waals surface area contributed by atoms with Gasteiger partial charge in [0.15, 0.2) is 11.4 Å². The molecule has 0 saturated heterocycles. The maximum Gasteiger partial charge on any atom is 0.407 e. The molecule has 0 aliphatic rings. The van der Waals surface area contributed by atoms with E-state index in [4.69, 9.17) is 14.0 Å². The highest BCUT2D eigenvalue weighted by Crippen LogP contribution is 2.35. The number of carbonyl (C=O) groups is 1. The molecule has 0 atom stereocenters. The zero-order valence-corrected chi connectivity index (χ0v) is 21.4. The Balaban J connectivity index is 1.51. The molecule has 4 aromatic rings. The molecular formula is C24H26FN5O6S. The fourth-order valence-corrected chi connectivity index (χ4v) is 4.59. The minimum Gasteiger partial charge on any atom is -0.496 e. The molecule has 0 spiro atoms. The number of nitrogens with zero attached hydrogens (tertiary/aromatic N) is 3. The summed E-state index contributed by atoms with van der Waals surface area (Å²) in [6.45, 7) is 5.86. The Morgan fingerprint density at radius 2 is 1.95 bits per heavy atom. The molecule has 11 nitrogen and oxygen atoms in total. The monoisotopic (exact) mass is 531 g/mol. The predicted molar refractivity (Wildman–Crippen MR) is 132 cm³/mol. The molecule has 196 valence electrons. The van der Waals surface area contributed by atoms with Gasteiger partial charge in [-0.15, -0.1) is 0 Å². The third kappa shape index (κ3) is 6.17. The third-order valence-corrected chi connectivity index (χ3v) is 6.40. The average Bonchev–Trinajstić information content (AvgIpc) is 3.43. The number of anilines is 1. The van der Waals surface area contributed by atoms with Crippen molar-refractivity contribution in [3.05, 3.63) is 65.7 Å². The summed E-state index contributed by atoms with van der Waals surface area (Å²) in [5, 5.41) is 11.2. The van der Waals surface area contributed by atoms with Crippen molar-refractivity contribution in [1.82, 2.24) is 20.3 Å². The molecule has 13 heteroatoms. The van der Waals surface area contributed by atoms with Crippen molar-refractivity contribution in [2.75, 3.05) is 11.8 Å². The quantitative estimate of drug-likeness (QED) is 0.347. The third-order valence-electron chi connectivity index (χ3n) is 5.03. The first kappa shape index (κ1) is 25.9. The second-order valence-corrected chi connectivity index (χ2v) is 10.7. The molecule has 2 N–H and O–H groups in total. The van der Waals surface area contributed by atoms with Crippen molar-refractivity contribution < 1.29 is 31.6 Å². The molecule has 0 radical (unpaired) electrons. The zero-order valence-electron chi connectivity index (χ0n) is 20.6. The summed E-state index contributed by atoms with van der Waals surface area (Å²) in [6, 6.07) is 10.1. The van der Waals surface area contributed by atoms with Crippen LogP contribution in [-0.2, 0) is 27.8 Å². The number of hydrogen-bond donors (Lipinski definition) is 2. The summed E-state index contributed by atoms with van der Waals surface area (Å²) in [5.41, 5.74) is 1.03. The molecule has 0 unspecified atom stereocenters. The Kier molecular flexibility index (Phi) is 7.07. The normalized spacial score (nSPS) is 11.9. The Hall–Kier alpha value is -4.13. The maximum atomic E-state index is 14.1. The number of aromatic nitrogens is 3. The highest BCUT2D eigenvalue weighted by atomic mass is 32.2. The van der Waals surface area contributed by atoms with Crippen LogP contribution in [0.4, 0.5) is 15.0 Å². The second-order valence-electron chi connectivity index (χ2n) is 9.10. The fraction of sp³-hybridized carbons (Fsp3) is 0.292. The number of sulfonamides is 1. The van der Waals surface area contributed by atoms with E-state index in [2.05, 4.69) is 20.3 Å². The molecule has 37 heavy (non-hydrogen) atoms. The minimum absolute atomic E-state index is 0.128. The molecule has 2 heterocycles. The van der Waals surface area contributed by atoms with Crippen LogP contribution in [0, 0.1) is 5.82 Å². The summed E-state index contributed by atoms with van der Waals surface area (Å²) in [4.78, 5) is 11.3. The summed E-state index contributed by atoms with van der Waals surface area (Å²) < 4.78 is 59.5. The van der Waals surface area contributed by atoms with Crippen LogP contribution in [0.3, 0.4) is 0 Å². The van der Waals surface area contributed by atoms with E-state index < -0.39 is 32.4 Å². The van der Waals surface area contributed by atoms with Gasteiger partial charge in [0.2, 0.25) is 0 Å². The lowest BCUT2D eigenvalue weighted by Gasteiger charge is -2.19. The number of alkyl carbamates (subject to hydrolysis) is 1. The van der Waals surface area contributed by atoms with Crippen LogP contribution in [-0.4, -0.2) is 42.2 Å². The van der Waals surface area contributed by atoms with Gasteiger partial charge in [-0.1, -0.05) is 17.3 Å². The topological polar surface area (TPSA) is 138 Å². The Labute approximate surface area is 212 Å². The standard InChI is InChI=1S/C24H26FN5O6S/c1-24(2,3)35-23(31)26-13-16-9-10-30(27-16)14-15-11-18(34-4)21-19(12-15)36-28-22(21)29-37(32,33)20-8-6-5-7-17(20)25/h5-12H,13-14H2,1-4H3,(H,26,31)(H,28,29). The van der Waals surface area contributed by atoms with Crippen molar-refractivity contribution in [1.29, 1.82) is 0 Å². The SMILES string of the molecule is COc1cc(Cn2ccc(CNC(=O)OC(C)(C)C)n2)cc2onc(NS(=O)(=O)c3ccccc3F)c12. The summed E-state index contributed by atoms with van der Waals surface area (Å²) in [7, 11) is -2.84. The van der Waals surface area contributed by atoms with E-state index in [1.807, 2.05) is 0 Å². The van der Waals surface area contributed by atoms with Gasteiger partial charge in [-0.25, -0.2) is 17.6 Å². The van der Waals surface area contributed by atoms with Gasteiger partial charge in [-0.2, -0.15) is 5.10 Å². The van der Waals surface area contributed by atoms with E-state index in [1.54, 1.807) is 49.8 Å². The first-order valence-corrected chi connectivity index (χ1v) is 12.7. The van der Waals surface area contributed by atoms with Crippen LogP contribution in [0.25, 0.3) is 11.0 Å². The zero-order chi connectivity index (χ0) is 26.8. The first-order valence-electron chi connectivity index (χ1n) is 11.2. The Morgan fingerprint density at radius 3 is 2.65 bits per heavy atom. The molecular weight excluding hydrogens is 505 g/mol. The largest absolute Gasteiger partial charge is 0.496 e. The van der Waals surface area contributed by atoms with Crippen molar-refractivity contribution in [2.24, 2.45) is 0 Å². The van der Waals surface area contributed by atoms with Crippen molar-refractivity contribution >= 4 is 32.9 Å². The molecule has 2 aromatic carbocycles. The van der Waals surface area contributed by atoms with Gasteiger partial charge in [0, 0.05) is 6.20 Å². The van der Waals surface area contributed by atoms with E-state index >= 15 is 0 Å². The van der Waals surface area contributed by atoms with Gasteiger partial charge in [-0.05, 0) is 56.7 Å². The lowest BCUT2D eigenvalue weighted by molar-refractivity contribution is 0.0522. The molecule has 4 rings (SSSR count). The van der Waals surface area contributed by atoms with Crippen LogP contribution >= 0.6 is 0 Å². The van der Waals surface area contributed by atoms with Gasteiger partial charge >= 0.3 is 6.09 Å². The van der Waals surface area contributed by atoms with E-state index in [0.29, 0.717) is 18.0 Å². The molecule has 0 bridgehead atoms. The number of methoxy groups -OCH3 is 1. The van der Waals surface area contributed by atoms with Crippen LogP contribution in [0.1, 0.15) is 32.0 Å². The van der Waals surface area contributed by atoms with Crippen molar-refractivity contribution in [3.8, 4) is 5.75 Å². The summed E-state index contributed by atoms with van der Waals surface area (Å²) in [5.74, 6) is -0.716. The van der Waals surface area contributed by atoms with Crippen LogP contribution in [0.15, 0.2) is 58.1 Å². The highest BCUT2D eigenvalue weighted by molar-refractivity contribution is 7.92. The van der Waals surface area contributed by atoms with E-state index in [0.717, 1.165) is 17.7 Å². The number of halogens is 1. The number of ether oxygens (including phenoxy) is 2. The van der Waals surface area contributed by atoms with Crippen LogP contribution in [0.5, 0.6) is 5.75 Å². The van der Waals surface area contributed by atoms with E-state index in [-0.39, 0.29) is 23.3 Å². The molecule has 0 fully saturated rings. The summed E-state index contributed by atoms with van der Waals surface area (Å²) >= 11 is 0. The number of benzene rings is 2. The van der Waals surface area contributed by atoms with Crippen molar-refractivity contribution in [3.63, 3.8) is 0 Å². The lowest BCUT2D eigenvalue weighted by Crippen LogP contribution is -2.32. The summed E-state index contributed by atoms with van der Waals surface area (Å²) in [6.07, 6.45) is 1.21. The lowest BCUT2D eigenvalue weighted by atomic mass is 10.1. The fourth-order valence-electron chi connectivity index (χ4n) is 3.51. The van der Waals surface area contributed by atoms with Gasteiger partial charge in [0.25, 0.3) is 10.0 Å². The first-order chi connectivity index (χ1) is 17.4. The molecule has 0 aliphatic carbocycles. The van der Waals surface area contributed by atoms with Gasteiger partial charge in [0.1, 0.15) is 27.4 Å². The smallest absolute Gasteiger partial charge is 0.407 e. The van der Waals surface area contributed by atoms with E-state index in [9.17, 15) is 17.6 Å². The molecule has 2 aromatic heterocycles. The number of amides is 1. The number of rotatable bonds is 8. The Morgan fingerprint density at radius 1 is 1.19 bits per heavy atom. The number of hydrogen-bond acceptors (Lipinski definition) is 8. The minimum atomic E-state index is -4.26. The van der Waals surface area contributed by atoms with Gasteiger partial charge < -0.3 is 19.3 Å². The molecule has 0 saturated carbocycles. The van der Waals surface area contributed by atoms with Gasteiger partial charge in [0.05, 0.1) is 25.9 Å².